The number of likely N-dealkylation sites (tertiary alicyclic amines) is 1. The summed E-state index contributed by atoms with van der Waals surface area (Å²) in [5.41, 5.74) is 1.08. The standard InChI is InChI=1S/C21H22N4O4/c1-14-24-18(13-28-14)21(26)25-11-3-4-15(12-25)19-20(23-10-9-22-19)29-17-7-5-16(27-2)6-8-17/h5-10,13,15H,3-4,11-12H2,1-2H3/t15-/m0/s1. The zero-order chi connectivity index (χ0) is 20.2. The first kappa shape index (κ1) is 18.9. The van der Waals surface area contributed by atoms with Crippen LogP contribution < -0.4 is 9.47 Å². The molecular formula is C21H22N4O4. The van der Waals surface area contributed by atoms with Crippen molar-refractivity contribution >= 4 is 5.91 Å². The third-order valence-electron chi connectivity index (χ3n) is 4.90. The number of rotatable bonds is 5. The molecule has 0 unspecified atom stereocenters. The molecule has 29 heavy (non-hydrogen) atoms. The molecule has 0 N–H and O–H groups in total. The van der Waals surface area contributed by atoms with Crippen molar-refractivity contribution < 1.29 is 18.7 Å². The van der Waals surface area contributed by atoms with Crippen LogP contribution in [-0.4, -0.2) is 46.0 Å². The highest BCUT2D eigenvalue weighted by Gasteiger charge is 2.30. The van der Waals surface area contributed by atoms with Gasteiger partial charge in [0.2, 0.25) is 5.88 Å². The number of oxazole rings is 1. The SMILES string of the molecule is COc1ccc(Oc2nccnc2[C@H]2CCCN(C(=O)c3coc(C)n3)C2)cc1. The fraction of sp³-hybridized carbons (Fsp3) is 0.333. The minimum absolute atomic E-state index is 0.0302. The van der Waals surface area contributed by atoms with Gasteiger partial charge in [0, 0.05) is 38.3 Å². The fourth-order valence-corrected chi connectivity index (χ4v) is 3.46. The molecule has 8 nitrogen and oxygen atoms in total. The number of benzene rings is 1. The van der Waals surface area contributed by atoms with Crippen LogP contribution in [-0.2, 0) is 0 Å². The van der Waals surface area contributed by atoms with Crippen molar-refractivity contribution in [3.8, 4) is 17.4 Å². The summed E-state index contributed by atoms with van der Waals surface area (Å²) in [6.45, 7) is 2.93. The van der Waals surface area contributed by atoms with Crippen LogP contribution in [0.2, 0.25) is 0 Å². The van der Waals surface area contributed by atoms with Gasteiger partial charge in [0.05, 0.1) is 7.11 Å². The molecule has 1 fully saturated rings. The van der Waals surface area contributed by atoms with Gasteiger partial charge in [-0.2, -0.15) is 0 Å². The second-order valence-corrected chi connectivity index (χ2v) is 6.87. The van der Waals surface area contributed by atoms with Crippen molar-refractivity contribution in [2.24, 2.45) is 0 Å². The quantitative estimate of drug-likeness (QED) is 0.653. The fourth-order valence-electron chi connectivity index (χ4n) is 3.46. The molecule has 8 heteroatoms. The predicted octanol–water partition coefficient (Wildman–Crippen LogP) is 3.59. The second kappa shape index (κ2) is 8.30. The van der Waals surface area contributed by atoms with Gasteiger partial charge in [-0.05, 0) is 37.1 Å². The van der Waals surface area contributed by atoms with E-state index in [-0.39, 0.29) is 11.8 Å². The molecule has 150 valence electrons. The number of methoxy groups -OCH3 is 1. The zero-order valence-corrected chi connectivity index (χ0v) is 16.4. The van der Waals surface area contributed by atoms with Crippen molar-refractivity contribution in [2.45, 2.75) is 25.7 Å². The van der Waals surface area contributed by atoms with E-state index in [0.29, 0.717) is 36.3 Å². The van der Waals surface area contributed by atoms with E-state index in [1.54, 1.807) is 31.3 Å². The molecule has 0 aliphatic carbocycles. The Morgan fingerprint density at radius 3 is 2.66 bits per heavy atom. The van der Waals surface area contributed by atoms with Gasteiger partial charge >= 0.3 is 0 Å². The average molecular weight is 394 g/mol. The normalized spacial score (nSPS) is 16.5. The van der Waals surface area contributed by atoms with E-state index < -0.39 is 0 Å². The van der Waals surface area contributed by atoms with Gasteiger partial charge in [0.1, 0.15) is 23.5 Å². The summed E-state index contributed by atoms with van der Waals surface area (Å²) in [6, 6.07) is 7.29. The Hall–Kier alpha value is -3.42. The first-order chi connectivity index (χ1) is 14.1. The summed E-state index contributed by atoms with van der Waals surface area (Å²) < 4.78 is 16.3. The first-order valence-corrected chi connectivity index (χ1v) is 9.48. The van der Waals surface area contributed by atoms with Crippen LogP contribution in [0.3, 0.4) is 0 Å². The molecule has 4 rings (SSSR count). The number of aryl methyl sites for hydroxylation is 1. The summed E-state index contributed by atoms with van der Waals surface area (Å²) in [6.07, 6.45) is 6.43. The lowest BCUT2D eigenvalue weighted by Gasteiger charge is -2.32. The summed E-state index contributed by atoms with van der Waals surface area (Å²) in [4.78, 5) is 27.6. The lowest BCUT2D eigenvalue weighted by Crippen LogP contribution is -2.39. The van der Waals surface area contributed by atoms with Crippen molar-refractivity contribution in [1.29, 1.82) is 0 Å². The molecule has 1 amide bonds. The highest BCUT2D eigenvalue weighted by Crippen LogP contribution is 2.33. The molecule has 1 atom stereocenters. The molecular weight excluding hydrogens is 372 g/mol. The van der Waals surface area contributed by atoms with E-state index in [9.17, 15) is 4.79 Å². The maximum Gasteiger partial charge on any atom is 0.275 e. The number of nitrogens with zero attached hydrogens (tertiary/aromatic N) is 4. The maximum atomic E-state index is 12.8. The minimum Gasteiger partial charge on any atom is -0.497 e. The maximum absolute atomic E-state index is 12.8. The van der Waals surface area contributed by atoms with Crippen LogP contribution in [0.1, 0.15) is 40.8 Å². The Morgan fingerprint density at radius 2 is 1.93 bits per heavy atom. The Bertz CT molecular complexity index is 986. The summed E-state index contributed by atoms with van der Waals surface area (Å²) in [7, 11) is 1.62. The smallest absolute Gasteiger partial charge is 0.275 e. The molecule has 0 spiro atoms. The molecule has 1 saturated heterocycles. The van der Waals surface area contributed by atoms with Crippen LogP contribution in [0.5, 0.6) is 17.4 Å². The van der Waals surface area contributed by atoms with E-state index in [4.69, 9.17) is 13.9 Å². The molecule has 2 aromatic heterocycles. The van der Waals surface area contributed by atoms with Crippen LogP contribution in [0, 0.1) is 6.92 Å². The summed E-state index contributed by atoms with van der Waals surface area (Å²) in [5.74, 6) is 2.23. The number of carbonyl (C=O) groups is 1. The molecule has 1 aliphatic heterocycles. The Morgan fingerprint density at radius 1 is 1.17 bits per heavy atom. The van der Waals surface area contributed by atoms with Crippen LogP contribution in [0.15, 0.2) is 47.3 Å². The Kier molecular flexibility index (Phi) is 5.41. The number of piperidine rings is 1. The van der Waals surface area contributed by atoms with E-state index >= 15 is 0 Å². The van der Waals surface area contributed by atoms with E-state index in [0.717, 1.165) is 24.3 Å². The van der Waals surface area contributed by atoms with Gasteiger partial charge in [-0.25, -0.2) is 9.97 Å². The highest BCUT2D eigenvalue weighted by molar-refractivity contribution is 5.92. The molecule has 0 saturated carbocycles. The van der Waals surface area contributed by atoms with Crippen LogP contribution >= 0.6 is 0 Å². The number of carbonyl (C=O) groups excluding carboxylic acids is 1. The van der Waals surface area contributed by atoms with E-state index in [1.165, 1.54) is 6.26 Å². The highest BCUT2D eigenvalue weighted by atomic mass is 16.5. The van der Waals surface area contributed by atoms with E-state index in [2.05, 4.69) is 15.0 Å². The number of amides is 1. The number of hydrogen-bond acceptors (Lipinski definition) is 7. The number of hydrogen-bond donors (Lipinski definition) is 0. The molecule has 3 heterocycles. The largest absolute Gasteiger partial charge is 0.497 e. The molecule has 1 aliphatic rings. The van der Waals surface area contributed by atoms with Gasteiger partial charge in [-0.15, -0.1) is 0 Å². The van der Waals surface area contributed by atoms with Gasteiger partial charge in [0.15, 0.2) is 11.6 Å². The van der Waals surface area contributed by atoms with E-state index in [1.807, 2.05) is 24.3 Å². The molecule has 3 aromatic rings. The average Bonchev–Trinajstić information content (AvgIpc) is 3.20. The first-order valence-electron chi connectivity index (χ1n) is 9.48. The number of ether oxygens (including phenoxy) is 2. The van der Waals surface area contributed by atoms with Gasteiger partial charge < -0.3 is 18.8 Å². The third-order valence-corrected chi connectivity index (χ3v) is 4.90. The number of aromatic nitrogens is 3. The molecule has 0 bridgehead atoms. The van der Waals surface area contributed by atoms with Crippen molar-refractivity contribution in [2.75, 3.05) is 20.2 Å². The summed E-state index contributed by atoms with van der Waals surface area (Å²) in [5, 5.41) is 0. The minimum atomic E-state index is -0.131. The molecule has 1 aromatic carbocycles. The van der Waals surface area contributed by atoms with Crippen molar-refractivity contribution in [1.82, 2.24) is 19.9 Å². The summed E-state index contributed by atoms with van der Waals surface area (Å²) >= 11 is 0. The van der Waals surface area contributed by atoms with Crippen molar-refractivity contribution in [3.05, 3.63) is 60.2 Å². The predicted molar refractivity (Wildman–Crippen MR) is 104 cm³/mol. The van der Waals surface area contributed by atoms with Gasteiger partial charge in [0.25, 0.3) is 5.91 Å². The topological polar surface area (TPSA) is 90.6 Å². The van der Waals surface area contributed by atoms with Crippen LogP contribution in [0.25, 0.3) is 0 Å². The molecule has 0 radical (unpaired) electrons. The lowest BCUT2D eigenvalue weighted by molar-refractivity contribution is 0.0698. The van der Waals surface area contributed by atoms with Gasteiger partial charge in [-0.3, -0.25) is 9.78 Å². The monoisotopic (exact) mass is 394 g/mol. The third kappa shape index (κ3) is 4.21. The van der Waals surface area contributed by atoms with Crippen molar-refractivity contribution in [3.63, 3.8) is 0 Å². The Labute approximate surface area is 168 Å². The van der Waals surface area contributed by atoms with Crippen LogP contribution in [0.4, 0.5) is 0 Å². The second-order valence-electron chi connectivity index (χ2n) is 6.87. The Balaban J connectivity index is 1.52. The lowest BCUT2D eigenvalue weighted by atomic mass is 9.94. The van der Waals surface area contributed by atoms with Gasteiger partial charge in [-0.1, -0.05) is 0 Å². The zero-order valence-electron chi connectivity index (χ0n) is 16.4.